The van der Waals surface area contributed by atoms with Crippen LogP contribution in [-0.2, 0) is 0 Å². The van der Waals surface area contributed by atoms with Gasteiger partial charge in [0.05, 0.1) is 18.4 Å². The van der Waals surface area contributed by atoms with E-state index in [-0.39, 0.29) is 0 Å². The molecule has 19 heavy (non-hydrogen) atoms. The Balaban J connectivity index is 1.68. The number of nitrogens with zero attached hydrogens (tertiary/aromatic N) is 2. The van der Waals surface area contributed by atoms with Crippen molar-refractivity contribution < 1.29 is 4.74 Å². The Morgan fingerprint density at radius 2 is 1.79 bits per heavy atom. The Hall–Kier alpha value is -1.77. The first-order valence-corrected chi connectivity index (χ1v) is 7.10. The van der Waals surface area contributed by atoms with Gasteiger partial charge in [0.15, 0.2) is 5.75 Å². The van der Waals surface area contributed by atoms with Crippen molar-refractivity contribution in [2.45, 2.75) is 45.1 Å². The minimum Gasteiger partial charge on any atom is -0.454 e. The third kappa shape index (κ3) is 2.98. The molecule has 1 saturated carbocycles. The quantitative estimate of drug-likeness (QED) is 0.809. The Bertz CT molecular complexity index is 524. The van der Waals surface area contributed by atoms with Crippen LogP contribution in [0.5, 0.6) is 11.5 Å². The summed E-state index contributed by atoms with van der Waals surface area (Å²) in [4.78, 5) is 0. The summed E-state index contributed by atoms with van der Waals surface area (Å²) in [7, 11) is 0. The maximum atomic E-state index is 5.82. The SMILES string of the molecule is Cc1ccc(Oc2cnn(C3CCCCC3)c2)cc1. The first-order valence-electron chi connectivity index (χ1n) is 7.10. The molecule has 100 valence electrons. The summed E-state index contributed by atoms with van der Waals surface area (Å²) in [5, 5.41) is 4.45. The Labute approximate surface area is 114 Å². The predicted octanol–water partition coefficient (Wildman–Crippen LogP) is 4.49. The highest BCUT2D eigenvalue weighted by molar-refractivity contribution is 5.30. The lowest BCUT2D eigenvalue weighted by Crippen LogP contribution is -2.12. The molecule has 0 radical (unpaired) electrons. The lowest BCUT2D eigenvalue weighted by molar-refractivity contribution is 0.328. The minimum absolute atomic E-state index is 0.559. The van der Waals surface area contributed by atoms with Crippen molar-refractivity contribution in [2.24, 2.45) is 0 Å². The molecule has 3 heteroatoms. The standard InChI is InChI=1S/C16H20N2O/c1-13-7-9-15(10-8-13)19-16-11-17-18(12-16)14-5-3-2-4-6-14/h7-12,14H,2-6H2,1H3. The van der Waals surface area contributed by atoms with Gasteiger partial charge in [0.2, 0.25) is 0 Å². The monoisotopic (exact) mass is 256 g/mol. The van der Waals surface area contributed by atoms with E-state index in [2.05, 4.69) is 28.8 Å². The maximum absolute atomic E-state index is 5.82. The minimum atomic E-state index is 0.559. The van der Waals surface area contributed by atoms with E-state index in [1.165, 1.54) is 37.7 Å². The fourth-order valence-corrected chi connectivity index (χ4v) is 2.66. The molecule has 0 aliphatic heterocycles. The van der Waals surface area contributed by atoms with Gasteiger partial charge in [0.1, 0.15) is 5.75 Å². The molecule has 0 spiro atoms. The molecule has 3 rings (SSSR count). The summed E-state index contributed by atoms with van der Waals surface area (Å²) in [6.07, 6.45) is 10.3. The normalized spacial score (nSPS) is 16.5. The topological polar surface area (TPSA) is 27.1 Å². The van der Waals surface area contributed by atoms with E-state index in [0.717, 1.165) is 11.5 Å². The number of rotatable bonds is 3. The molecule has 3 nitrogen and oxygen atoms in total. The van der Waals surface area contributed by atoms with E-state index in [1.807, 2.05) is 24.5 Å². The molecule has 1 aromatic carbocycles. The van der Waals surface area contributed by atoms with Crippen molar-refractivity contribution in [3.63, 3.8) is 0 Å². The van der Waals surface area contributed by atoms with Crippen LogP contribution in [0, 0.1) is 6.92 Å². The van der Waals surface area contributed by atoms with Crippen molar-refractivity contribution >= 4 is 0 Å². The first-order chi connectivity index (χ1) is 9.31. The highest BCUT2D eigenvalue weighted by Crippen LogP contribution is 2.29. The van der Waals surface area contributed by atoms with Crippen molar-refractivity contribution in [3.8, 4) is 11.5 Å². The van der Waals surface area contributed by atoms with Gasteiger partial charge in [-0.2, -0.15) is 5.10 Å². The van der Waals surface area contributed by atoms with Crippen molar-refractivity contribution in [2.75, 3.05) is 0 Å². The lowest BCUT2D eigenvalue weighted by Gasteiger charge is -2.21. The molecule has 0 atom stereocenters. The van der Waals surface area contributed by atoms with Gasteiger partial charge in [-0.1, -0.05) is 37.0 Å². The second-order valence-electron chi connectivity index (χ2n) is 5.36. The highest BCUT2D eigenvalue weighted by Gasteiger charge is 2.16. The summed E-state index contributed by atoms with van der Waals surface area (Å²) in [6, 6.07) is 8.66. The third-order valence-corrected chi connectivity index (χ3v) is 3.78. The Kier molecular flexibility index (Phi) is 3.53. The van der Waals surface area contributed by atoms with E-state index in [1.54, 1.807) is 0 Å². The van der Waals surface area contributed by atoms with Gasteiger partial charge >= 0.3 is 0 Å². The lowest BCUT2D eigenvalue weighted by atomic mass is 9.96. The summed E-state index contributed by atoms with van der Waals surface area (Å²) in [5.74, 6) is 1.70. The number of hydrogen-bond acceptors (Lipinski definition) is 2. The molecule has 1 fully saturated rings. The molecule has 1 aliphatic carbocycles. The van der Waals surface area contributed by atoms with Crippen molar-refractivity contribution in [1.29, 1.82) is 0 Å². The molecule has 0 bridgehead atoms. The van der Waals surface area contributed by atoms with Gasteiger partial charge in [-0.05, 0) is 31.9 Å². The summed E-state index contributed by atoms with van der Waals surface area (Å²) in [5.41, 5.74) is 1.24. The van der Waals surface area contributed by atoms with Gasteiger partial charge in [-0.15, -0.1) is 0 Å². The zero-order chi connectivity index (χ0) is 13.1. The fraction of sp³-hybridized carbons (Fsp3) is 0.438. The molecule has 1 aliphatic rings. The van der Waals surface area contributed by atoms with Crippen LogP contribution in [0.3, 0.4) is 0 Å². The number of aryl methyl sites for hydroxylation is 1. The molecule has 2 aromatic rings. The van der Waals surface area contributed by atoms with Crippen LogP contribution in [0.2, 0.25) is 0 Å². The van der Waals surface area contributed by atoms with Gasteiger partial charge in [0, 0.05) is 0 Å². The second-order valence-corrected chi connectivity index (χ2v) is 5.36. The maximum Gasteiger partial charge on any atom is 0.165 e. The van der Waals surface area contributed by atoms with E-state index in [0.29, 0.717) is 6.04 Å². The van der Waals surface area contributed by atoms with E-state index < -0.39 is 0 Å². The molecule has 1 heterocycles. The average Bonchev–Trinajstić information content (AvgIpc) is 2.91. The van der Waals surface area contributed by atoms with Crippen LogP contribution < -0.4 is 4.74 Å². The molecule has 0 N–H and O–H groups in total. The molecule has 0 amide bonds. The van der Waals surface area contributed by atoms with Crippen molar-refractivity contribution in [3.05, 3.63) is 42.2 Å². The zero-order valence-corrected chi connectivity index (χ0v) is 11.4. The van der Waals surface area contributed by atoms with Gasteiger partial charge < -0.3 is 4.74 Å². The molecular formula is C16H20N2O. The Morgan fingerprint density at radius 3 is 2.53 bits per heavy atom. The molecule has 0 saturated heterocycles. The molecule has 0 unspecified atom stereocenters. The van der Waals surface area contributed by atoms with Crippen LogP contribution in [-0.4, -0.2) is 9.78 Å². The largest absolute Gasteiger partial charge is 0.454 e. The Morgan fingerprint density at radius 1 is 1.05 bits per heavy atom. The van der Waals surface area contributed by atoms with Gasteiger partial charge in [-0.3, -0.25) is 4.68 Å². The van der Waals surface area contributed by atoms with Crippen molar-refractivity contribution in [1.82, 2.24) is 9.78 Å². The van der Waals surface area contributed by atoms with Crippen LogP contribution in [0.4, 0.5) is 0 Å². The van der Waals surface area contributed by atoms with Crippen LogP contribution in [0.15, 0.2) is 36.7 Å². The molecular weight excluding hydrogens is 236 g/mol. The van der Waals surface area contributed by atoms with Gasteiger partial charge in [-0.25, -0.2) is 0 Å². The summed E-state index contributed by atoms with van der Waals surface area (Å²) < 4.78 is 7.89. The number of benzene rings is 1. The van der Waals surface area contributed by atoms with E-state index >= 15 is 0 Å². The second kappa shape index (κ2) is 5.47. The van der Waals surface area contributed by atoms with Crippen LogP contribution in [0.1, 0.15) is 43.7 Å². The predicted molar refractivity (Wildman–Crippen MR) is 75.6 cm³/mol. The van der Waals surface area contributed by atoms with E-state index in [9.17, 15) is 0 Å². The summed E-state index contributed by atoms with van der Waals surface area (Å²) >= 11 is 0. The zero-order valence-electron chi connectivity index (χ0n) is 11.4. The molecule has 1 aromatic heterocycles. The average molecular weight is 256 g/mol. The smallest absolute Gasteiger partial charge is 0.165 e. The van der Waals surface area contributed by atoms with Crippen LogP contribution in [0.25, 0.3) is 0 Å². The number of aromatic nitrogens is 2. The van der Waals surface area contributed by atoms with Gasteiger partial charge in [0.25, 0.3) is 0 Å². The highest BCUT2D eigenvalue weighted by atomic mass is 16.5. The fourth-order valence-electron chi connectivity index (χ4n) is 2.66. The summed E-state index contributed by atoms with van der Waals surface area (Å²) in [6.45, 7) is 2.07. The number of ether oxygens (including phenoxy) is 1. The number of hydrogen-bond donors (Lipinski definition) is 0. The first kappa shape index (κ1) is 12.3. The van der Waals surface area contributed by atoms with E-state index in [4.69, 9.17) is 4.74 Å². The van der Waals surface area contributed by atoms with Crippen LogP contribution >= 0.6 is 0 Å². The third-order valence-electron chi connectivity index (χ3n) is 3.78.